The summed E-state index contributed by atoms with van der Waals surface area (Å²) >= 11 is 11.8. The first-order valence-electron chi connectivity index (χ1n) is 6.85. The molecule has 0 aliphatic carbocycles. The van der Waals surface area contributed by atoms with Gasteiger partial charge in [0.25, 0.3) is 5.91 Å². The Bertz CT molecular complexity index is 691. The number of rotatable bonds is 5. The first-order valence-corrected chi connectivity index (χ1v) is 7.61. The number of anilines is 2. The third-order valence-electron chi connectivity index (χ3n) is 2.80. The molecule has 22 heavy (non-hydrogen) atoms. The Morgan fingerprint density at radius 1 is 1.18 bits per heavy atom. The van der Waals surface area contributed by atoms with E-state index >= 15 is 0 Å². The van der Waals surface area contributed by atoms with Crippen molar-refractivity contribution < 1.29 is 4.79 Å². The van der Waals surface area contributed by atoms with Gasteiger partial charge in [0, 0.05) is 17.9 Å². The lowest BCUT2D eigenvalue weighted by Crippen LogP contribution is -2.16. The summed E-state index contributed by atoms with van der Waals surface area (Å²) in [5.41, 5.74) is 1.56. The van der Waals surface area contributed by atoms with Crippen molar-refractivity contribution in [2.75, 3.05) is 17.2 Å². The fourth-order valence-electron chi connectivity index (χ4n) is 1.77. The Kier molecular flexibility index (Phi) is 5.57. The smallest absolute Gasteiger partial charge is 0.274 e. The van der Waals surface area contributed by atoms with Gasteiger partial charge in [0.2, 0.25) is 5.95 Å². The van der Waals surface area contributed by atoms with Crippen LogP contribution in [0.2, 0.25) is 10.0 Å². The summed E-state index contributed by atoms with van der Waals surface area (Å²) in [6, 6.07) is 6.52. The quantitative estimate of drug-likeness (QED) is 0.858. The fourth-order valence-corrected chi connectivity index (χ4v) is 2.07. The number of hydrogen-bond acceptors (Lipinski definition) is 4. The van der Waals surface area contributed by atoms with E-state index in [2.05, 4.69) is 20.6 Å². The molecule has 1 aromatic heterocycles. The van der Waals surface area contributed by atoms with Crippen LogP contribution in [0, 0.1) is 6.92 Å². The van der Waals surface area contributed by atoms with Gasteiger partial charge < -0.3 is 10.6 Å². The molecule has 0 aliphatic heterocycles. The molecule has 1 aromatic carbocycles. The minimum Gasteiger partial charge on any atom is -0.354 e. The van der Waals surface area contributed by atoms with Crippen LogP contribution in [-0.2, 0) is 0 Å². The number of amides is 1. The predicted molar refractivity (Wildman–Crippen MR) is 90.0 cm³/mol. The number of hydrogen-bond donors (Lipinski definition) is 2. The molecular weight excluding hydrogens is 323 g/mol. The fraction of sp³-hybridized carbons (Fsp3) is 0.267. The molecule has 116 valence electrons. The molecule has 0 saturated carbocycles. The molecule has 0 aliphatic rings. The van der Waals surface area contributed by atoms with Crippen LogP contribution < -0.4 is 10.6 Å². The van der Waals surface area contributed by atoms with Crippen LogP contribution in [0.5, 0.6) is 0 Å². The second kappa shape index (κ2) is 7.42. The van der Waals surface area contributed by atoms with Gasteiger partial charge in [-0.1, -0.05) is 30.1 Å². The lowest BCUT2D eigenvalue weighted by molar-refractivity contribution is 0.102. The summed E-state index contributed by atoms with van der Waals surface area (Å²) in [5.74, 6) is 0.115. The van der Waals surface area contributed by atoms with Crippen LogP contribution in [0.15, 0.2) is 24.3 Å². The Morgan fingerprint density at radius 2 is 1.95 bits per heavy atom. The highest BCUT2D eigenvalue weighted by Gasteiger charge is 2.11. The summed E-state index contributed by atoms with van der Waals surface area (Å²) < 4.78 is 0. The highest BCUT2D eigenvalue weighted by atomic mass is 35.5. The number of carbonyl (C=O) groups excluding carboxylic acids is 1. The zero-order chi connectivity index (χ0) is 16.1. The maximum atomic E-state index is 12.3. The molecule has 2 aromatic rings. The van der Waals surface area contributed by atoms with Crippen LogP contribution >= 0.6 is 23.2 Å². The molecule has 0 bridgehead atoms. The van der Waals surface area contributed by atoms with Gasteiger partial charge in [-0.15, -0.1) is 0 Å². The van der Waals surface area contributed by atoms with Crippen molar-refractivity contribution in [3.63, 3.8) is 0 Å². The third kappa shape index (κ3) is 4.32. The van der Waals surface area contributed by atoms with E-state index in [1.807, 2.05) is 13.8 Å². The van der Waals surface area contributed by atoms with Gasteiger partial charge in [-0.3, -0.25) is 4.79 Å². The normalized spacial score (nSPS) is 10.4. The highest BCUT2D eigenvalue weighted by Crippen LogP contribution is 2.25. The number of benzene rings is 1. The Hall–Kier alpha value is -1.85. The monoisotopic (exact) mass is 338 g/mol. The van der Waals surface area contributed by atoms with Crippen molar-refractivity contribution in [2.24, 2.45) is 0 Å². The van der Waals surface area contributed by atoms with Crippen LogP contribution in [0.3, 0.4) is 0 Å². The van der Waals surface area contributed by atoms with Gasteiger partial charge in [0.05, 0.1) is 10.0 Å². The minimum atomic E-state index is -0.330. The molecule has 0 unspecified atom stereocenters. The van der Waals surface area contributed by atoms with Crippen molar-refractivity contribution in [1.29, 1.82) is 0 Å². The molecule has 7 heteroatoms. The number of nitrogens with zero attached hydrogens (tertiary/aromatic N) is 2. The maximum Gasteiger partial charge on any atom is 0.274 e. The molecular formula is C15H16Cl2N4O. The second-order valence-corrected chi connectivity index (χ2v) is 5.54. The van der Waals surface area contributed by atoms with Crippen molar-refractivity contribution in [3.8, 4) is 0 Å². The lowest BCUT2D eigenvalue weighted by atomic mass is 10.3. The zero-order valence-electron chi connectivity index (χ0n) is 12.3. The number of carbonyl (C=O) groups is 1. The second-order valence-electron chi connectivity index (χ2n) is 4.73. The Labute approximate surface area is 139 Å². The molecule has 2 rings (SSSR count). The van der Waals surface area contributed by atoms with E-state index in [1.165, 1.54) is 0 Å². The standard InChI is InChI=1S/C15H16Cl2N4O/c1-3-6-18-15-19-9(2)7-13(21-15)14(22)20-10-4-5-11(16)12(17)8-10/h4-5,7-8H,3,6H2,1-2H3,(H,20,22)(H,18,19,21). The molecule has 0 saturated heterocycles. The highest BCUT2D eigenvalue weighted by molar-refractivity contribution is 6.42. The molecule has 1 heterocycles. The Morgan fingerprint density at radius 3 is 2.64 bits per heavy atom. The van der Waals surface area contributed by atoms with Gasteiger partial charge in [-0.25, -0.2) is 9.97 Å². The van der Waals surface area contributed by atoms with Crippen LogP contribution in [-0.4, -0.2) is 22.4 Å². The van der Waals surface area contributed by atoms with Gasteiger partial charge in [-0.05, 0) is 37.6 Å². The van der Waals surface area contributed by atoms with E-state index in [-0.39, 0.29) is 11.6 Å². The molecule has 0 atom stereocenters. The summed E-state index contributed by atoms with van der Waals surface area (Å²) in [4.78, 5) is 20.7. The minimum absolute atomic E-state index is 0.289. The van der Waals surface area contributed by atoms with E-state index in [0.29, 0.717) is 27.4 Å². The SMILES string of the molecule is CCCNc1nc(C)cc(C(=O)Nc2ccc(Cl)c(Cl)c2)n1. The van der Waals surface area contributed by atoms with E-state index in [9.17, 15) is 4.79 Å². The van der Waals surface area contributed by atoms with Gasteiger partial charge in [0.15, 0.2) is 0 Å². The van der Waals surface area contributed by atoms with Crippen molar-refractivity contribution in [1.82, 2.24) is 9.97 Å². The first-order chi connectivity index (χ1) is 10.5. The molecule has 5 nitrogen and oxygen atoms in total. The van der Waals surface area contributed by atoms with Crippen molar-refractivity contribution >= 4 is 40.7 Å². The molecule has 0 radical (unpaired) electrons. The van der Waals surface area contributed by atoms with Crippen LogP contribution in [0.25, 0.3) is 0 Å². The van der Waals surface area contributed by atoms with E-state index < -0.39 is 0 Å². The molecule has 1 amide bonds. The van der Waals surface area contributed by atoms with Gasteiger partial charge in [-0.2, -0.15) is 0 Å². The number of halogens is 2. The van der Waals surface area contributed by atoms with E-state index in [0.717, 1.165) is 13.0 Å². The third-order valence-corrected chi connectivity index (χ3v) is 3.54. The van der Waals surface area contributed by atoms with E-state index in [4.69, 9.17) is 23.2 Å². The summed E-state index contributed by atoms with van der Waals surface area (Å²) in [7, 11) is 0. The van der Waals surface area contributed by atoms with Crippen molar-refractivity contribution in [3.05, 3.63) is 45.7 Å². The molecule has 2 N–H and O–H groups in total. The van der Waals surface area contributed by atoms with Crippen LogP contribution in [0.1, 0.15) is 29.5 Å². The predicted octanol–water partition coefficient (Wildman–Crippen LogP) is 4.17. The topological polar surface area (TPSA) is 66.9 Å². The summed E-state index contributed by atoms with van der Waals surface area (Å²) in [5, 5.41) is 6.62. The maximum absolute atomic E-state index is 12.3. The van der Waals surface area contributed by atoms with Crippen LogP contribution in [0.4, 0.5) is 11.6 Å². The van der Waals surface area contributed by atoms with Gasteiger partial charge in [0.1, 0.15) is 5.69 Å². The van der Waals surface area contributed by atoms with E-state index in [1.54, 1.807) is 24.3 Å². The summed E-state index contributed by atoms with van der Waals surface area (Å²) in [6.07, 6.45) is 0.947. The Balaban J connectivity index is 2.17. The first kappa shape index (κ1) is 16.5. The molecule has 0 spiro atoms. The number of aromatic nitrogens is 2. The largest absolute Gasteiger partial charge is 0.354 e. The summed E-state index contributed by atoms with van der Waals surface area (Å²) in [6.45, 7) is 4.60. The average molecular weight is 339 g/mol. The number of nitrogens with one attached hydrogen (secondary N) is 2. The number of aryl methyl sites for hydroxylation is 1. The van der Waals surface area contributed by atoms with Gasteiger partial charge >= 0.3 is 0 Å². The van der Waals surface area contributed by atoms with Crippen molar-refractivity contribution in [2.45, 2.75) is 20.3 Å². The lowest BCUT2D eigenvalue weighted by Gasteiger charge is -2.09. The average Bonchev–Trinajstić information content (AvgIpc) is 2.48. The zero-order valence-corrected chi connectivity index (χ0v) is 13.8. The molecule has 0 fully saturated rings.